The van der Waals surface area contributed by atoms with Crippen LogP contribution in [-0.4, -0.2) is 49.6 Å². The predicted molar refractivity (Wildman–Crippen MR) is 72.4 cm³/mol. The molecule has 4 heteroatoms. The maximum absolute atomic E-state index is 4.47. The van der Waals surface area contributed by atoms with Gasteiger partial charge in [0, 0.05) is 18.1 Å². The summed E-state index contributed by atoms with van der Waals surface area (Å²) in [6.45, 7) is 4.08. The number of likely N-dealkylation sites (N-methyl/N-ethyl adjacent to an activating group) is 1. The van der Waals surface area contributed by atoms with Crippen molar-refractivity contribution in [3.8, 4) is 0 Å². The van der Waals surface area contributed by atoms with Gasteiger partial charge in [0.15, 0.2) is 5.96 Å². The van der Waals surface area contributed by atoms with Crippen molar-refractivity contribution in [2.24, 2.45) is 4.99 Å². The zero-order valence-electron chi connectivity index (χ0n) is 11.4. The molecule has 4 nitrogen and oxygen atoms in total. The first-order chi connectivity index (χ1) is 8.12. The summed E-state index contributed by atoms with van der Waals surface area (Å²) in [6, 6.07) is 0.485. The third kappa shape index (κ3) is 2.92. The summed E-state index contributed by atoms with van der Waals surface area (Å²) in [4.78, 5) is 6.87. The molecule has 1 aliphatic carbocycles. The van der Waals surface area contributed by atoms with E-state index in [9.17, 15) is 0 Å². The summed E-state index contributed by atoms with van der Waals surface area (Å²) >= 11 is 0. The monoisotopic (exact) mass is 238 g/mol. The lowest BCUT2D eigenvalue weighted by atomic mass is 9.80. The van der Waals surface area contributed by atoms with Crippen LogP contribution >= 0.6 is 0 Å². The van der Waals surface area contributed by atoms with Crippen LogP contribution in [0.15, 0.2) is 4.99 Å². The Balaban J connectivity index is 1.89. The van der Waals surface area contributed by atoms with Crippen LogP contribution in [0.3, 0.4) is 0 Å². The normalized spacial score (nSPS) is 27.8. The Morgan fingerprint density at radius 3 is 2.59 bits per heavy atom. The van der Waals surface area contributed by atoms with E-state index in [0.717, 1.165) is 19.0 Å². The van der Waals surface area contributed by atoms with Crippen molar-refractivity contribution in [3.63, 3.8) is 0 Å². The van der Waals surface area contributed by atoms with Gasteiger partial charge in [-0.3, -0.25) is 4.99 Å². The van der Waals surface area contributed by atoms with E-state index >= 15 is 0 Å². The van der Waals surface area contributed by atoms with Crippen molar-refractivity contribution in [1.29, 1.82) is 0 Å². The van der Waals surface area contributed by atoms with Gasteiger partial charge in [-0.15, -0.1) is 0 Å². The molecule has 0 aromatic heterocycles. The zero-order valence-corrected chi connectivity index (χ0v) is 11.4. The molecule has 0 bridgehead atoms. The van der Waals surface area contributed by atoms with E-state index in [1.165, 1.54) is 32.1 Å². The van der Waals surface area contributed by atoms with E-state index in [1.807, 2.05) is 0 Å². The van der Waals surface area contributed by atoms with Crippen LogP contribution in [0.25, 0.3) is 0 Å². The maximum Gasteiger partial charge on any atom is 0.191 e. The minimum atomic E-state index is 0.328. The number of rotatable bonds is 3. The number of guanidine groups is 1. The van der Waals surface area contributed by atoms with Crippen molar-refractivity contribution in [1.82, 2.24) is 15.5 Å². The molecular weight excluding hydrogens is 212 g/mol. The first-order valence-electron chi connectivity index (χ1n) is 6.85. The molecule has 2 N–H and O–H groups in total. The molecule has 0 aromatic rings. The Morgan fingerprint density at radius 2 is 2.06 bits per heavy atom. The molecule has 2 aliphatic rings. The summed E-state index contributed by atoms with van der Waals surface area (Å²) in [5.74, 6) is 0.990. The van der Waals surface area contributed by atoms with Crippen molar-refractivity contribution in [2.75, 3.05) is 27.2 Å². The van der Waals surface area contributed by atoms with Gasteiger partial charge >= 0.3 is 0 Å². The molecule has 17 heavy (non-hydrogen) atoms. The molecule has 1 aliphatic heterocycles. The fourth-order valence-electron chi connectivity index (χ4n) is 2.90. The molecule has 0 saturated heterocycles. The minimum absolute atomic E-state index is 0.328. The van der Waals surface area contributed by atoms with Crippen LogP contribution in [0.4, 0.5) is 0 Å². The van der Waals surface area contributed by atoms with Crippen LogP contribution in [0, 0.1) is 0 Å². The highest BCUT2D eigenvalue weighted by Gasteiger charge is 2.34. The topological polar surface area (TPSA) is 39.7 Å². The first-order valence-corrected chi connectivity index (χ1v) is 6.85. The second-order valence-corrected chi connectivity index (χ2v) is 5.77. The predicted octanol–water partition coefficient (Wildman–Crippen LogP) is 1.19. The number of aliphatic imine (C=N–C) groups is 1. The molecule has 1 fully saturated rings. The Hall–Kier alpha value is -0.770. The zero-order chi connectivity index (χ0) is 12.3. The van der Waals surface area contributed by atoms with Gasteiger partial charge in [-0.05, 0) is 33.9 Å². The summed E-state index contributed by atoms with van der Waals surface area (Å²) < 4.78 is 0. The smallest absolute Gasteiger partial charge is 0.191 e. The molecule has 0 radical (unpaired) electrons. The van der Waals surface area contributed by atoms with E-state index in [4.69, 9.17) is 0 Å². The lowest BCUT2D eigenvalue weighted by Gasteiger charge is -2.43. The van der Waals surface area contributed by atoms with Crippen LogP contribution in [0.2, 0.25) is 0 Å². The largest absolute Gasteiger partial charge is 0.355 e. The van der Waals surface area contributed by atoms with E-state index < -0.39 is 0 Å². The Bertz CT molecular complexity index is 279. The van der Waals surface area contributed by atoms with E-state index in [1.54, 1.807) is 0 Å². The quantitative estimate of drug-likeness (QED) is 0.776. The maximum atomic E-state index is 4.47. The minimum Gasteiger partial charge on any atom is -0.355 e. The average Bonchev–Trinajstić information content (AvgIpc) is 2.74. The fourth-order valence-corrected chi connectivity index (χ4v) is 2.90. The van der Waals surface area contributed by atoms with E-state index in [0.29, 0.717) is 11.6 Å². The molecule has 0 aromatic carbocycles. The van der Waals surface area contributed by atoms with Crippen molar-refractivity contribution in [3.05, 3.63) is 0 Å². The van der Waals surface area contributed by atoms with Gasteiger partial charge in [-0.1, -0.05) is 19.3 Å². The van der Waals surface area contributed by atoms with Gasteiger partial charge in [0.2, 0.25) is 0 Å². The van der Waals surface area contributed by atoms with Crippen molar-refractivity contribution >= 4 is 5.96 Å². The summed E-state index contributed by atoms with van der Waals surface area (Å²) in [7, 11) is 4.42. The van der Waals surface area contributed by atoms with Gasteiger partial charge in [0.05, 0.1) is 6.54 Å². The Kier molecular flexibility index (Phi) is 3.92. The highest BCUT2D eigenvalue weighted by molar-refractivity contribution is 5.81. The van der Waals surface area contributed by atoms with Crippen LogP contribution in [0.5, 0.6) is 0 Å². The average molecular weight is 238 g/mol. The summed E-state index contributed by atoms with van der Waals surface area (Å²) in [5.41, 5.74) is 0.328. The molecule has 1 atom stereocenters. The number of nitrogens with zero attached hydrogens (tertiary/aromatic N) is 2. The number of nitrogens with one attached hydrogen (secondary N) is 2. The second-order valence-electron chi connectivity index (χ2n) is 5.77. The Morgan fingerprint density at radius 1 is 1.35 bits per heavy atom. The van der Waals surface area contributed by atoms with Crippen LogP contribution in [-0.2, 0) is 0 Å². The molecule has 98 valence electrons. The van der Waals surface area contributed by atoms with Gasteiger partial charge in [0.25, 0.3) is 0 Å². The Labute approximate surface area is 105 Å². The fraction of sp³-hybridized carbons (Fsp3) is 0.923. The van der Waals surface area contributed by atoms with Gasteiger partial charge < -0.3 is 15.5 Å². The van der Waals surface area contributed by atoms with E-state index in [-0.39, 0.29) is 0 Å². The SMILES string of the molecule is CC1CN=C(NCC2(N(C)C)CCCCC2)N1. The summed E-state index contributed by atoms with van der Waals surface area (Å²) in [5, 5.41) is 6.87. The van der Waals surface area contributed by atoms with Gasteiger partial charge in [-0.25, -0.2) is 0 Å². The third-order valence-electron chi connectivity index (χ3n) is 4.22. The molecule has 1 saturated carbocycles. The van der Waals surface area contributed by atoms with Crippen LogP contribution in [0.1, 0.15) is 39.0 Å². The molecular formula is C13H26N4. The standard InChI is InChI=1S/C13H26N4/c1-11-9-14-12(16-11)15-10-13(17(2)3)7-5-4-6-8-13/h11H,4-10H2,1-3H3,(H2,14,15,16). The lowest BCUT2D eigenvalue weighted by Crippen LogP contribution is -2.55. The lowest BCUT2D eigenvalue weighted by molar-refractivity contribution is 0.104. The number of hydrogen-bond acceptors (Lipinski definition) is 4. The van der Waals surface area contributed by atoms with Gasteiger partial charge in [0.1, 0.15) is 0 Å². The summed E-state index contributed by atoms with van der Waals surface area (Å²) in [6.07, 6.45) is 6.71. The van der Waals surface area contributed by atoms with Crippen molar-refractivity contribution < 1.29 is 0 Å². The van der Waals surface area contributed by atoms with Crippen molar-refractivity contribution in [2.45, 2.75) is 50.6 Å². The highest BCUT2D eigenvalue weighted by Crippen LogP contribution is 2.31. The highest BCUT2D eigenvalue weighted by atomic mass is 15.3. The molecule has 0 spiro atoms. The van der Waals surface area contributed by atoms with E-state index in [2.05, 4.69) is 41.5 Å². The first kappa shape index (κ1) is 12.7. The molecule has 1 unspecified atom stereocenters. The second kappa shape index (κ2) is 5.25. The molecule has 0 amide bonds. The van der Waals surface area contributed by atoms with Gasteiger partial charge in [-0.2, -0.15) is 0 Å². The number of hydrogen-bond donors (Lipinski definition) is 2. The third-order valence-corrected chi connectivity index (χ3v) is 4.22. The van der Waals surface area contributed by atoms with Crippen LogP contribution < -0.4 is 10.6 Å². The molecule has 2 rings (SSSR count). The molecule has 1 heterocycles.